The number of likely N-dealkylation sites (tertiary alicyclic amines) is 1. The molecule has 1 saturated heterocycles. The summed E-state index contributed by atoms with van der Waals surface area (Å²) in [5.74, 6) is 0.623. The van der Waals surface area contributed by atoms with Crippen molar-refractivity contribution in [3.05, 3.63) is 35.9 Å². The van der Waals surface area contributed by atoms with Gasteiger partial charge in [-0.3, -0.25) is 4.79 Å². The molecule has 2 aliphatic rings. The zero-order chi connectivity index (χ0) is 14.7. The third-order valence-corrected chi connectivity index (χ3v) is 4.72. The summed E-state index contributed by atoms with van der Waals surface area (Å²) in [4.78, 5) is 14.3. The maximum Gasteiger partial charge on any atom is 0.240 e. The van der Waals surface area contributed by atoms with Gasteiger partial charge < -0.3 is 16.0 Å². The van der Waals surface area contributed by atoms with Gasteiger partial charge in [-0.15, -0.1) is 0 Å². The Morgan fingerprint density at radius 2 is 2.10 bits per heavy atom. The van der Waals surface area contributed by atoms with E-state index in [4.69, 9.17) is 5.73 Å². The maximum absolute atomic E-state index is 11.8. The Hall–Kier alpha value is -1.39. The third-order valence-electron chi connectivity index (χ3n) is 4.72. The molecule has 3 rings (SSSR count). The van der Waals surface area contributed by atoms with Crippen molar-refractivity contribution in [2.24, 2.45) is 11.7 Å². The standard InChI is InChI=1S/C17H25N3O/c18-17(8-9-17)16(21)19-12-15-7-11-20(13-15)10-6-14-4-2-1-3-5-14/h1-5,15H,6-13,18H2,(H,19,21). The van der Waals surface area contributed by atoms with Gasteiger partial charge in [-0.2, -0.15) is 0 Å². The molecule has 1 amide bonds. The molecule has 0 aromatic heterocycles. The van der Waals surface area contributed by atoms with Crippen LogP contribution in [0.2, 0.25) is 0 Å². The smallest absolute Gasteiger partial charge is 0.240 e. The summed E-state index contributed by atoms with van der Waals surface area (Å²) in [6, 6.07) is 10.6. The van der Waals surface area contributed by atoms with Gasteiger partial charge in [0.15, 0.2) is 0 Å². The van der Waals surface area contributed by atoms with Crippen LogP contribution in [0.1, 0.15) is 24.8 Å². The third kappa shape index (κ3) is 3.83. The zero-order valence-electron chi connectivity index (χ0n) is 12.6. The Morgan fingerprint density at radius 3 is 2.81 bits per heavy atom. The molecule has 114 valence electrons. The first kappa shape index (κ1) is 14.5. The molecule has 4 nitrogen and oxygen atoms in total. The average molecular weight is 287 g/mol. The van der Waals surface area contributed by atoms with Crippen molar-refractivity contribution in [2.45, 2.75) is 31.2 Å². The summed E-state index contributed by atoms with van der Waals surface area (Å²) in [6.45, 7) is 4.11. The van der Waals surface area contributed by atoms with E-state index >= 15 is 0 Å². The molecular weight excluding hydrogens is 262 g/mol. The number of rotatable bonds is 6. The summed E-state index contributed by atoms with van der Waals surface area (Å²) in [5.41, 5.74) is 6.75. The first-order valence-electron chi connectivity index (χ1n) is 7.99. The van der Waals surface area contributed by atoms with Crippen molar-refractivity contribution >= 4 is 5.91 Å². The van der Waals surface area contributed by atoms with E-state index < -0.39 is 5.54 Å². The lowest BCUT2D eigenvalue weighted by Gasteiger charge is -2.17. The van der Waals surface area contributed by atoms with Crippen LogP contribution < -0.4 is 11.1 Å². The summed E-state index contributed by atoms with van der Waals surface area (Å²) in [5, 5.41) is 3.03. The highest BCUT2D eigenvalue weighted by Gasteiger charge is 2.45. The number of nitrogens with two attached hydrogens (primary N) is 1. The van der Waals surface area contributed by atoms with Gasteiger partial charge in [-0.25, -0.2) is 0 Å². The number of nitrogens with one attached hydrogen (secondary N) is 1. The normalized spacial score (nSPS) is 24.0. The summed E-state index contributed by atoms with van der Waals surface area (Å²) in [7, 11) is 0. The minimum atomic E-state index is -0.536. The van der Waals surface area contributed by atoms with E-state index in [0.29, 0.717) is 5.92 Å². The van der Waals surface area contributed by atoms with E-state index in [1.165, 1.54) is 12.0 Å². The Morgan fingerprint density at radius 1 is 1.33 bits per heavy atom. The van der Waals surface area contributed by atoms with Gasteiger partial charge in [0.05, 0.1) is 5.54 Å². The topological polar surface area (TPSA) is 58.4 Å². The highest BCUT2D eigenvalue weighted by atomic mass is 16.2. The molecule has 21 heavy (non-hydrogen) atoms. The SMILES string of the molecule is NC1(C(=O)NCC2CCN(CCc3ccccc3)C2)CC1. The Balaban J connectivity index is 1.36. The first-order valence-corrected chi connectivity index (χ1v) is 7.99. The molecule has 0 spiro atoms. The van der Waals surface area contributed by atoms with E-state index in [1.54, 1.807) is 0 Å². The fourth-order valence-electron chi connectivity index (χ4n) is 2.99. The molecule has 0 radical (unpaired) electrons. The van der Waals surface area contributed by atoms with Crippen LogP contribution in [0, 0.1) is 5.92 Å². The van der Waals surface area contributed by atoms with E-state index in [-0.39, 0.29) is 5.91 Å². The van der Waals surface area contributed by atoms with E-state index in [9.17, 15) is 4.79 Å². The molecule has 1 heterocycles. The van der Waals surface area contributed by atoms with Crippen LogP contribution in [-0.2, 0) is 11.2 Å². The summed E-state index contributed by atoms with van der Waals surface area (Å²) < 4.78 is 0. The molecule has 2 fully saturated rings. The predicted molar refractivity (Wildman–Crippen MR) is 83.9 cm³/mol. The van der Waals surface area contributed by atoms with Crippen LogP contribution in [0.5, 0.6) is 0 Å². The molecule has 1 aromatic rings. The highest BCUT2D eigenvalue weighted by molar-refractivity contribution is 5.88. The van der Waals surface area contributed by atoms with Gasteiger partial charge >= 0.3 is 0 Å². The van der Waals surface area contributed by atoms with Gasteiger partial charge in [-0.1, -0.05) is 30.3 Å². The molecule has 3 N–H and O–H groups in total. The molecule has 1 saturated carbocycles. The Kier molecular flexibility index (Phi) is 4.27. The molecule has 1 unspecified atom stereocenters. The number of amides is 1. The maximum atomic E-state index is 11.8. The average Bonchev–Trinajstić information content (AvgIpc) is 3.11. The van der Waals surface area contributed by atoms with Gasteiger partial charge in [0.2, 0.25) is 5.91 Å². The second kappa shape index (κ2) is 6.16. The van der Waals surface area contributed by atoms with Gasteiger partial charge in [0.1, 0.15) is 0 Å². The van der Waals surface area contributed by atoms with Crippen molar-refractivity contribution in [2.75, 3.05) is 26.2 Å². The lowest BCUT2D eigenvalue weighted by molar-refractivity contribution is -0.123. The summed E-state index contributed by atoms with van der Waals surface area (Å²) in [6.07, 6.45) is 3.96. The molecule has 0 bridgehead atoms. The van der Waals surface area contributed by atoms with E-state index in [1.807, 2.05) is 0 Å². The molecule has 1 aliphatic carbocycles. The first-order chi connectivity index (χ1) is 10.2. The van der Waals surface area contributed by atoms with Gasteiger partial charge in [-0.05, 0) is 43.7 Å². The number of hydrogen-bond donors (Lipinski definition) is 2. The van der Waals surface area contributed by atoms with Crippen molar-refractivity contribution in [1.82, 2.24) is 10.2 Å². The van der Waals surface area contributed by atoms with Crippen molar-refractivity contribution in [3.63, 3.8) is 0 Å². The van der Waals surface area contributed by atoms with Crippen LogP contribution in [0.4, 0.5) is 0 Å². The molecule has 1 atom stereocenters. The van der Waals surface area contributed by atoms with Crippen LogP contribution >= 0.6 is 0 Å². The molecule has 1 aliphatic heterocycles. The monoisotopic (exact) mass is 287 g/mol. The quantitative estimate of drug-likeness (QED) is 0.825. The van der Waals surface area contributed by atoms with E-state index in [0.717, 1.165) is 45.4 Å². The van der Waals surface area contributed by atoms with Crippen molar-refractivity contribution in [3.8, 4) is 0 Å². The van der Waals surface area contributed by atoms with Gasteiger partial charge in [0, 0.05) is 19.6 Å². The van der Waals surface area contributed by atoms with E-state index in [2.05, 4.69) is 40.5 Å². The predicted octanol–water partition coefficient (Wildman–Crippen LogP) is 1.16. The fraction of sp³-hybridized carbons (Fsp3) is 0.588. The number of benzene rings is 1. The number of carbonyl (C=O) groups is 1. The van der Waals surface area contributed by atoms with Crippen molar-refractivity contribution in [1.29, 1.82) is 0 Å². The highest BCUT2D eigenvalue weighted by Crippen LogP contribution is 2.32. The largest absolute Gasteiger partial charge is 0.354 e. The fourth-order valence-corrected chi connectivity index (χ4v) is 2.99. The van der Waals surface area contributed by atoms with Crippen LogP contribution in [-0.4, -0.2) is 42.5 Å². The Bertz CT molecular complexity index is 484. The number of carbonyl (C=O) groups excluding carboxylic acids is 1. The minimum Gasteiger partial charge on any atom is -0.354 e. The number of nitrogens with zero attached hydrogens (tertiary/aromatic N) is 1. The molecular formula is C17H25N3O. The number of hydrogen-bond acceptors (Lipinski definition) is 3. The van der Waals surface area contributed by atoms with Crippen LogP contribution in [0.15, 0.2) is 30.3 Å². The summed E-state index contributed by atoms with van der Waals surface area (Å²) >= 11 is 0. The van der Waals surface area contributed by atoms with Crippen LogP contribution in [0.25, 0.3) is 0 Å². The minimum absolute atomic E-state index is 0.0465. The molecule has 4 heteroatoms. The Labute approximate surface area is 126 Å². The van der Waals surface area contributed by atoms with Gasteiger partial charge in [0.25, 0.3) is 0 Å². The second-order valence-corrected chi connectivity index (χ2v) is 6.56. The lowest BCUT2D eigenvalue weighted by Crippen LogP contribution is -2.44. The van der Waals surface area contributed by atoms with Crippen molar-refractivity contribution < 1.29 is 4.79 Å². The zero-order valence-corrected chi connectivity index (χ0v) is 12.6. The van der Waals surface area contributed by atoms with Crippen LogP contribution in [0.3, 0.4) is 0 Å². The lowest BCUT2D eigenvalue weighted by atomic mass is 10.1. The second-order valence-electron chi connectivity index (χ2n) is 6.56. The molecule has 1 aromatic carbocycles.